The number of sulfone groups is 1. The third-order valence-electron chi connectivity index (χ3n) is 3.05. The fourth-order valence-corrected chi connectivity index (χ4v) is 3.82. The normalized spacial score (nSPS) is 21.9. The summed E-state index contributed by atoms with van der Waals surface area (Å²) in [6, 6.07) is -0.0695. The summed E-state index contributed by atoms with van der Waals surface area (Å²) in [6.07, 6.45) is 3.75. The third-order valence-corrected chi connectivity index (χ3v) is 4.82. The van der Waals surface area contributed by atoms with Gasteiger partial charge in [-0.1, -0.05) is 13.3 Å². The van der Waals surface area contributed by atoms with Crippen LogP contribution in [-0.2, 0) is 16.3 Å². The maximum atomic E-state index is 11.4. The first kappa shape index (κ1) is 13.1. The van der Waals surface area contributed by atoms with Gasteiger partial charge in [0.25, 0.3) is 0 Å². The lowest BCUT2D eigenvalue weighted by atomic mass is 10.1. The van der Waals surface area contributed by atoms with Crippen molar-refractivity contribution in [1.82, 2.24) is 9.97 Å². The smallest absolute Gasteiger partial charge is 0.152 e. The Labute approximate surface area is 107 Å². The van der Waals surface area contributed by atoms with Crippen LogP contribution in [-0.4, -0.2) is 35.9 Å². The molecule has 1 aromatic rings. The number of rotatable bonds is 4. The Hall–Kier alpha value is -1.37. The van der Waals surface area contributed by atoms with Crippen LogP contribution in [0.3, 0.4) is 0 Å². The van der Waals surface area contributed by atoms with Gasteiger partial charge >= 0.3 is 0 Å². The highest BCUT2D eigenvalue weighted by Crippen LogP contribution is 2.22. The van der Waals surface area contributed by atoms with Gasteiger partial charge in [-0.25, -0.2) is 18.4 Å². The van der Waals surface area contributed by atoms with Gasteiger partial charge < -0.3 is 11.1 Å². The van der Waals surface area contributed by atoms with Crippen LogP contribution in [0.25, 0.3) is 0 Å². The fourth-order valence-electron chi connectivity index (χ4n) is 2.15. The number of hydrogen-bond acceptors (Lipinski definition) is 6. The van der Waals surface area contributed by atoms with Crippen LogP contribution in [0.2, 0.25) is 0 Å². The second kappa shape index (κ2) is 5.09. The van der Waals surface area contributed by atoms with E-state index in [1.807, 2.05) is 0 Å². The SMILES string of the molecule is CCCc1c(N)ncnc1NC1CCS(=O)(=O)C1. The molecule has 0 saturated carbocycles. The van der Waals surface area contributed by atoms with Crippen LogP contribution in [0.15, 0.2) is 6.33 Å². The van der Waals surface area contributed by atoms with Crippen LogP contribution in [0.1, 0.15) is 25.3 Å². The van der Waals surface area contributed by atoms with E-state index in [-0.39, 0.29) is 17.5 Å². The fraction of sp³-hybridized carbons (Fsp3) is 0.636. The zero-order valence-electron chi connectivity index (χ0n) is 10.4. The maximum absolute atomic E-state index is 11.4. The topological polar surface area (TPSA) is 98.0 Å². The van der Waals surface area contributed by atoms with Crippen LogP contribution in [0, 0.1) is 0 Å². The standard InChI is InChI=1S/C11H18N4O2S/c1-2-3-9-10(12)13-7-14-11(9)15-8-4-5-18(16,17)6-8/h7-8H,2-6H2,1H3,(H3,12,13,14,15). The summed E-state index contributed by atoms with van der Waals surface area (Å²) in [6.45, 7) is 2.05. The van der Waals surface area contributed by atoms with E-state index in [4.69, 9.17) is 5.73 Å². The average Bonchev–Trinajstić information content (AvgIpc) is 2.63. The van der Waals surface area contributed by atoms with Gasteiger partial charge in [0.1, 0.15) is 18.0 Å². The molecular weight excluding hydrogens is 252 g/mol. The minimum Gasteiger partial charge on any atom is -0.383 e. The predicted octanol–water partition coefficient (Wildman–Crippen LogP) is 0.610. The van der Waals surface area contributed by atoms with Crippen molar-refractivity contribution in [2.45, 2.75) is 32.2 Å². The van der Waals surface area contributed by atoms with Gasteiger partial charge in [0.05, 0.1) is 11.5 Å². The summed E-state index contributed by atoms with van der Waals surface area (Å²) in [5, 5.41) is 3.18. The summed E-state index contributed by atoms with van der Waals surface area (Å²) in [7, 11) is -2.89. The summed E-state index contributed by atoms with van der Waals surface area (Å²) in [5.74, 6) is 1.55. The van der Waals surface area contributed by atoms with Crippen molar-refractivity contribution >= 4 is 21.5 Å². The summed E-state index contributed by atoms with van der Waals surface area (Å²) in [4.78, 5) is 8.14. The second-order valence-electron chi connectivity index (χ2n) is 4.58. The van der Waals surface area contributed by atoms with Gasteiger partial charge in [0, 0.05) is 11.6 Å². The molecule has 18 heavy (non-hydrogen) atoms. The van der Waals surface area contributed by atoms with Crippen molar-refractivity contribution in [3.05, 3.63) is 11.9 Å². The van der Waals surface area contributed by atoms with Crippen LogP contribution >= 0.6 is 0 Å². The number of aromatic nitrogens is 2. The summed E-state index contributed by atoms with van der Waals surface area (Å²) >= 11 is 0. The van der Waals surface area contributed by atoms with Crippen LogP contribution in [0.5, 0.6) is 0 Å². The molecule has 0 spiro atoms. The molecular formula is C11H18N4O2S. The van der Waals surface area contributed by atoms with Crippen molar-refractivity contribution in [3.8, 4) is 0 Å². The Bertz CT molecular complexity index is 530. The summed E-state index contributed by atoms with van der Waals surface area (Å²) < 4.78 is 22.8. The van der Waals surface area contributed by atoms with Crippen LogP contribution in [0.4, 0.5) is 11.6 Å². The molecule has 7 heteroatoms. The van der Waals surface area contributed by atoms with Gasteiger partial charge in [-0.3, -0.25) is 0 Å². The van der Waals surface area contributed by atoms with Crippen molar-refractivity contribution in [2.24, 2.45) is 0 Å². The number of nitrogens with one attached hydrogen (secondary N) is 1. The molecule has 1 atom stereocenters. The molecule has 1 aliphatic heterocycles. The molecule has 1 fully saturated rings. The Morgan fingerprint density at radius 3 is 2.89 bits per heavy atom. The molecule has 2 heterocycles. The van der Waals surface area contributed by atoms with Crippen molar-refractivity contribution in [3.63, 3.8) is 0 Å². The molecule has 100 valence electrons. The van der Waals surface area contributed by atoms with Gasteiger partial charge in [-0.2, -0.15) is 0 Å². The molecule has 0 radical (unpaired) electrons. The molecule has 0 aliphatic carbocycles. The van der Waals surface area contributed by atoms with Gasteiger partial charge in [-0.05, 0) is 12.8 Å². The van der Waals surface area contributed by atoms with Gasteiger partial charge in [0.15, 0.2) is 9.84 Å². The Balaban J connectivity index is 2.17. The molecule has 6 nitrogen and oxygen atoms in total. The van der Waals surface area contributed by atoms with E-state index in [1.165, 1.54) is 6.33 Å². The van der Waals surface area contributed by atoms with E-state index in [0.717, 1.165) is 18.4 Å². The van der Waals surface area contributed by atoms with Gasteiger partial charge in [-0.15, -0.1) is 0 Å². The first-order valence-electron chi connectivity index (χ1n) is 6.08. The molecule has 1 aromatic heterocycles. The maximum Gasteiger partial charge on any atom is 0.152 e. The highest BCUT2D eigenvalue weighted by Gasteiger charge is 2.28. The largest absolute Gasteiger partial charge is 0.383 e. The molecule has 0 bridgehead atoms. The average molecular weight is 270 g/mol. The number of nitrogen functional groups attached to an aromatic ring is 1. The van der Waals surface area contributed by atoms with Crippen molar-refractivity contribution in [2.75, 3.05) is 22.6 Å². The molecule has 1 unspecified atom stereocenters. The molecule has 1 saturated heterocycles. The highest BCUT2D eigenvalue weighted by molar-refractivity contribution is 7.91. The first-order chi connectivity index (χ1) is 8.52. The summed E-state index contributed by atoms with van der Waals surface area (Å²) in [5.41, 5.74) is 6.70. The highest BCUT2D eigenvalue weighted by atomic mass is 32.2. The van der Waals surface area contributed by atoms with Gasteiger partial charge in [0.2, 0.25) is 0 Å². The van der Waals surface area contributed by atoms with E-state index in [1.54, 1.807) is 0 Å². The van der Waals surface area contributed by atoms with Crippen molar-refractivity contribution in [1.29, 1.82) is 0 Å². The second-order valence-corrected chi connectivity index (χ2v) is 6.81. The minimum absolute atomic E-state index is 0.0695. The number of nitrogens with zero attached hydrogens (tertiary/aromatic N) is 2. The van der Waals surface area contributed by atoms with E-state index < -0.39 is 9.84 Å². The lowest BCUT2D eigenvalue weighted by molar-refractivity contribution is 0.602. The predicted molar refractivity (Wildman–Crippen MR) is 71.1 cm³/mol. The zero-order chi connectivity index (χ0) is 13.2. The Kier molecular flexibility index (Phi) is 3.70. The third kappa shape index (κ3) is 2.90. The van der Waals surface area contributed by atoms with E-state index in [9.17, 15) is 8.42 Å². The molecule has 2 rings (SSSR count). The van der Waals surface area contributed by atoms with Crippen molar-refractivity contribution < 1.29 is 8.42 Å². The lowest BCUT2D eigenvalue weighted by Crippen LogP contribution is -2.22. The van der Waals surface area contributed by atoms with E-state index in [0.29, 0.717) is 18.1 Å². The Morgan fingerprint density at radius 1 is 1.50 bits per heavy atom. The number of anilines is 2. The number of hydrogen-bond donors (Lipinski definition) is 2. The quantitative estimate of drug-likeness (QED) is 0.832. The lowest BCUT2D eigenvalue weighted by Gasteiger charge is -2.15. The molecule has 3 N–H and O–H groups in total. The monoisotopic (exact) mass is 270 g/mol. The van der Waals surface area contributed by atoms with Crippen LogP contribution < -0.4 is 11.1 Å². The van der Waals surface area contributed by atoms with E-state index >= 15 is 0 Å². The molecule has 0 aromatic carbocycles. The molecule has 1 aliphatic rings. The number of nitrogens with two attached hydrogens (primary N) is 1. The first-order valence-corrected chi connectivity index (χ1v) is 7.90. The Morgan fingerprint density at radius 2 is 2.28 bits per heavy atom. The van der Waals surface area contributed by atoms with E-state index in [2.05, 4.69) is 22.2 Å². The zero-order valence-corrected chi connectivity index (χ0v) is 11.2. The molecule has 0 amide bonds. The minimum atomic E-state index is -2.89.